The molecular weight excluding hydrogens is 214 g/mol. The van der Waals surface area contributed by atoms with Crippen molar-refractivity contribution < 1.29 is 9.47 Å². The van der Waals surface area contributed by atoms with E-state index in [1.165, 1.54) is 0 Å². The molecule has 0 fully saturated rings. The summed E-state index contributed by atoms with van der Waals surface area (Å²) in [5.41, 5.74) is 0.300. The van der Waals surface area contributed by atoms with E-state index < -0.39 is 0 Å². The lowest BCUT2D eigenvalue weighted by Crippen LogP contribution is -2.32. The predicted molar refractivity (Wildman–Crippen MR) is 73.4 cm³/mol. The Balaban J connectivity index is 3.32. The lowest BCUT2D eigenvalue weighted by molar-refractivity contribution is 0.119. The van der Waals surface area contributed by atoms with Crippen LogP contribution in [0.4, 0.5) is 0 Å². The molecule has 0 aliphatic rings. The van der Waals surface area contributed by atoms with Crippen LogP contribution in [0.5, 0.6) is 0 Å². The lowest BCUT2D eigenvalue weighted by atomic mass is 9.90. The maximum atomic E-state index is 5.55. The molecule has 0 heterocycles. The van der Waals surface area contributed by atoms with Crippen LogP contribution in [0.3, 0.4) is 0 Å². The van der Waals surface area contributed by atoms with E-state index in [4.69, 9.17) is 9.47 Å². The van der Waals surface area contributed by atoms with Crippen LogP contribution < -0.4 is 5.32 Å². The second-order valence-corrected chi connectivity index (χ2v) is 5.88. The fourth-order valence-corrected chi connectivity index (χ4v) is 1.46. The molecule has 0 spiro atoms. The van der Waals surface area contributed by atoms with Gasteiger partial charge in [-0.1, -0.05) is 27.7 Å². The molecule has 0 saturated carbocycles. The van der Waals surface area contributed by atoms with Gasteiger partial charge in [0.25, 0.3) is 0 Å². The molecular formula is C14H31NO2. The van der Waals surface area contributed by atoms with Crippen LogP contribution in [0.25, 0.3) is 0 Å². The van der Waals surface area contributed by atoms with E-state index in [0.29, 0.717) is 5.41 Å². The highest BCUT2D eigenvalue weighted by molar-refractivity contribution is 4.71. The van der Waals surface area contributed by atoms with Gasteiger partial charge in [-0.15, -0.1) is 0 Å². The Hall–Kier alpha value is -0.120. The van der Waals surface area contributed by atoms with Gasteiger partial charge in [-0.05, 0) is 24.2 Å². The van der Waals surface area contributed by atoms with Crippen molar-refractivity contribution in [1.82, 2.24) is 5.32 Å². The molecule has 0 aromatic carbocycles. The first-order chi connectivity index (χ1) is 7.98. The van der Waals surface area contributed by atoms with Crippen LogP contribution >= 0.6 is 0 Å². The van der Waals surface area contributed by atoms with Gasteiger partial charge in [0.05, 0.1) is 6.61 Å². The Bertz CT molecular complexity index is 170. The molecule has 0 saturated heterocycles. The van der Waals surface area contributed by atoms with Gasteiger partial charge in [0.1, 0.15) is 0 Å². The second-order valence-electron chi connectivity index (χ2n) is 5.88. The summed E-state index contributed by atoms with van der Waals surface area (Å²) < 4.78 is 10.7. The van der Waals surface area contributed by atoms with Gasteiger partial charge in [-0.25, -0.2) is 0 Å². The Morgan fingerprint density at radius 1 is 1.12 bits per heavy atom. The van der Waals surface area contributed by atoms with Crippen molar-refractivity contribution in [3.8, 4) is 0 Å². The largest absolute Gasteiger partial charge is 0.385 e. The highest BCUT2D eigenvalue weighted by Crippen LogP contribution is 2.18. The summed E-state index contributed by atoms with van der Waals surface area (Å²) in [7, 11) is 1.76. The summed E-state index contributed by atoms with van der Waals surface area (Å²) >= 11 is 0. The topological polar surface area (TPSA) is 30.5 Å². The molecule has 0 radical (unpaired) electrons. The zero-order valence-corrected chi connectivity index (χ0v) is 12.3. The minimum absolute atomic E-state index is 0.300. The quantitative estimate of drug-likeness (QED) is 0.568. The van der Waals surface area contributed by atoms with E-state index in [1.807, 2.05) is 0 Å². The van der Waals surface area contributed by atoms with Crippen molar-refractivity contribution in [2.45, 2.75) is 40.5 Å². The Morgan fingerprint density at radius 3 is 2.41 bits per heavy atom. The van der Waals surface area contributed by atoms with E-state index in [0.717, 1.165) is 51.7 Å². The van der Waals surface area contributed by atoms with Gasteiger partial charge in [-0.3, -0.25) is 0 Å². The van der Waals surface area contributed by atoms with Gasteiger partial charge in [0.15, 0.2) is 0 Å². The summed E-state index contributed by atoms with van der Waals surface area (Å²) in [6.45, 7) is 13.5. The van der Waals surface area contributed by atoms with Crippen molar-refractivity contribution in [2.24, 2.45) is 11.3 Å². The number of rotatable bonds is 11. The molecule has 0 aromatic heterocycles. The normalized spacial score (nSPS) is 12.4. The SMILES string of the molecule is COCCC(C)(C)CNCCOCCC(C)C. The third-order valence-electron chi connectivity index (χ3n) is 2.85. The van der Waals surface area contributed by atoms with E-state index in [1.54, 1.807) is 7.11 Å². The summed E-state index contributed by atoms with van der Waals surface area (Å²) in [5.74, 6) is 0.732. The summed E-state index contributed by atoms with van der Waals surface area (Å²) in [4.78, 5) is 0. The van der Waals surface area contributed by atoms with Crippen molar-refractivity contribution in [3.05, 3.63) is 0 Å². The first-order valence-corrected chi connectivity index (χ1v) is 6.75. The smallest absolute Gasteiger partial charge is 0.0590 e. The second kappa shape index (κ2) is 9.86. The zero-order chi connectivity index (χ0) is 13.1. The third kappa shape index (κ3) is 12.1. The number of hydrogen-bond donors (Lipinski definition) is 1. The minimum Gasteiger partial charge on any atom is -0.385 e. The molecule has 17 heavy (non-hydrogen) atoms. The Morgan fingerprint density at radius 2 is 1.82 bits per heavy atom. The lowest BCUT2D eigenvalue weighted by Gasteiger charge is -2.24. The Kier molecular flexibility index (Phi) is 9.79. The summed E-state index contributed by atoms with van der Waals surface area (Å²) in [6.07, 6.45) is 2.24. The number of ether oxygens (including phenoxy) is 2. The van der Waals surface area contributed by atoms with Crippen LogP contribution in [0.2, 0.25) is 0 Å². The molecule has 1 N–H and O–H groups in total. The van der Waals surface area contributed by atoms with Crippen LogP contribution in [0.1, 0.15) is 40.5 Å². The summed E-state index contributed by atoms with van der Waals surface area (Å²) in [6, 6.07) is 0. The van der Waals surface area contributed by atoms with Crippen LogP contribution in [0, 0.1) is 11.3 Å². The average Bonchev–Trinajstić information content (AvgIpc) is 2.24. The van der Waals surface area contributed by atoms with Crippen molar-refractivity contribution >= 4 is 0 Å². The average molecular weight is 245 g/mol. The minimum atomic E-state index is 0.300. The van der Waals surface area contributed by atoms with E-state index in [9.17, 15) is 0 Å². The van der Waals surface area contributed by atoms with Crippen LogP contribution in [0.15, 0.2) is 0 Å². The van der Waals surface area contributed by atoms with Gasteiger partial charge in [0, 0.05) is 33.4 Å². The molecule has 0 atom stereocenters. The van der Waals surface area contributed by atoms with Crippen molar-refractivity contribution in [2.75, 3.05) is 40.0 Å². The molecule has 0 rings (SSSR count). The fourth-order valence-electron chi connectivity index (χ4n) is 1.46. The van der Waals surface area contributed by atoms with Gasteiger partial charge >= 0.3 is 0 Å². The van der Waals surface area contributed by atoms with Gasteiger partial charge in [0.2, 0.25) is 0 Å². The van der Waals surface area contributed by atoms with Crippen molar-refractivity contribution in [1.29, 1.82) is 0 Å². The van der Waals surface area contributed by atoms with Gasteiger partial charge < -0.3 is 14.8 Å². The standard InChI is InChI=1S/C14H31NO2/c1-13(2)6-9-17-11-8-15-12-14(3,4)7-10-16-5/h13,15H,6-12H2,1-5H3. The molecule has 104 valence electrons. The van der Waals surface area contributed by atoms with E-state index in [2.05, 4.69) is 33.0 Å². The van der Waals surface area contributed by atoms with E-state index >= 15 is 0 Å². The monoisotopic (exact) mass is 245 g/mol. The maximum Gasteiger partial charge on any atom is 0.0590 e. The van der Waals surface area contributed by atoms with Gasteiger partial charge in [-0.2, -0.15) is 0 Å². The molecule has 0 aliphatic carbocycles. The molecule has 0 aliphatic heterocycles. The fraction of sp³-hybridized carbons (Fsp3) is 1.00. The number of nitrogens with one attached hydrogen (secondary N) is 1. The predicted octanol–water partition coefficient (Wildman–Crippen LogP) is 2.70. The molecule has 0 amide bonds. The first-order valence-electron chi connectivity index (χ1n) is 6.75. The zero-order valence-electron chi connectivity index (χ0n) is 12.3. The molecule has 3 nitrogen and oxygen atoms in total. The third-order valence-corrected chi connectivity index (χ3v) is 2.85. The first kappa shape index (κ1) is 16.9. The maximum absolute atomic E-state index is 5.55. The molecule has 0 unspecified atom stereocenters. The molecule has 0 aromatic rings. The van der Waals surface area contributed by atoms with Crippen LogP contribution in [-0.4, -0.2) is 40.0 Å². The number of hydrogen-bond acceptors (Lipinski definition) is 3. The highest BCUT2D eigenvalue weighted by Gasteiger charge is 2.16. The van der Waals surface area contributed by atoms with Crippen molar-refractivity contribution in [3.63, 3.8) is 0 Å². The number of methoxy groups -OCH3 is 1. The molecule has 3 heteroatoms. The van der Waals surface area contributed by atoms with E-state index in [-0.39, 0.29) is 0 Å². The molecule has 0 bridgehead atoms. The Labute approximate surface area is 107 Å². The van der Waals surface area contributed by atoms with Crippen LogP contribution in [-0.2, 0) is 9.47 Å². The summed E-state index contributed by atoms with van der Waals surface area (Å²) in [5, 5.41) is 3.44. The highest BCUT2D eigenvalue weighted by atomic mass is 16.5.